The van der Waals surface area contributed by atoms with Gasteiger partial charge in [-0.3, -0.25) is 9.78 Å². The lowest BCUT2D eigenvalue weighted by atomic mass is 9.91. The Labute approximate surface area is 189 Å². The average Bonchev–Trinajstić information content (AvgIpc) is 2.79. The summed E-state index contributed by atoms with van der Waals surface area (Å²) in [5.41, 5.74) is 7.38. The molecule has 4 N–H and O–H groups in total. The maximum atomic E-state index is 12.7. The number of pyridine rings is 2. The highest BCUT2D eigenvalue weighted by Crippen LogP contribution is 2.23. The van der Waals surface area contributed by atoms with Gasteiger partial charge in [-0.25, -0.2) is 9.78 Å². The van der Waals surface area contributed by atoms with E-state index < -0.39 is 11.9 Å². The highest BCUT2D eigenvalue weighted by atomic mass is 16.5. The number of hydrogen-bond donors (Lipinski definition) is 3. The molecule has 3 amide bonds. The summed E-state index contributed by atoms with van der Waals surface area (Å²) >= 11 is 0. The zero-order valence-electron chi connectivity index (χ0n) is 19.0. The monoisotopic (exact) mass is 442 g/mol. The van der Waals surface area contributed by atoms with Gasteiger partial charge in [-0.15, -0.1) is 0 Å². The molecule has 1 fully saturated rings. The molecule has 2 aromatic heterocycles. The number of ether oxygens (including phenoxy) is 1. The molecule has 1 aliphatic rings. The second-order valence-corrected chi connectivity index (χ2v) is 8.30. The third-order valence-corrected chi connectivity index (χ3v) is 5.97. The van der Waals surface area contributed by atoms with Crippen LogP contribution in [0.2, 0.25) is 0 Å². The van der Waals surface area contributed by atoms with Crippen molar-refractivity contribution in [2.45, 2.75) is 51.5 Å². The van der Waals surface area contributed by atoms with Crippen molar-refractivity contribution in [3.05, 3.63) is 24.4 Å². The summed E-state index contributed by atoms with van der Waals surface area (Å²) in [5, 5.41) is 5.77. The zero-order chi connectivity index (χ0) is 22.9. The molecule has 0 aromatic carbocycles. The third kappa shape index (κ3) is 6.29. The Hall–Kier alpha value is -2.94. The second kappa shape index (κ2) is 11.6. The van der Waals surface area contributed by atoms with Crippen LogP contribution in [0, 0.1) is 5.92 Å². The van der Waals surface area contributed by atoms with Crippen LogP contribution in [0.25, 0.3) is 11.0 Å². The Bertz CT molecular complexity index is 922. The minimum atomic E-state index is -0.419. The van der Waals surface area contributed by atoms with Crippen molar-refractivity contribution in [3.63, 3.8) is 0 Å². The SMILES string of the molecule is CCCCCCCN1CC[C@H](NC(=O)Nc2ccnc3ccc(OC)nc23)[C@H](C(N)=O)C1. The first kappa shape index (κ1) is 23.7. The Kier molecular flexibility index (Phi) is 8.61. The Morgan fingerprint density at radius 2 is 2.03 bits per heavy atom. The average molecular weight is 443 g/mol. The van der Waals surface area contributed by atoms with Crippen LogP contribution in [-0.2, 0) is 4.79 Å². The standard InChI is InChI=1S/C23H34N6O3/c1-3-4-5-6-7-13-29-14-11-17(16(15-29)22(24)30)26-23(31)27-19-10-12-25-18-8-9-20(32-2)28-21(18)19/h8-10,12,16-17H,3-7,11,13-15H2,1-2H3,(H2,24,30)(H2,25,26,27,31)/t16-,17+/m1/s1. The minimum Gasteiger partial charge on any atom is -0.481 e. The zero-order valence-corrected chi connectivity index (χ0v) is 19.0. The maximum Gasteiger partial charge on any atom is 0.319 e. The molecule has 2 aromatic rings. The molecule has 0 radical (unpaired) electrons. The first-order valence-corrected chi connectivity index (χ1v) is 11.4. The smallest absolute Gasteiger partial charge is 0.319 e. The normalized spacial score (nSPS) is 18.9. The van der Waals surface area contributed by atoms with Crippen LogP contribution in [-0.4, -0.2) is 59.6 Å². The van der Waals surface area contributed by atoms with Crippen LogP contribution in [0.3, 0.4) is 0 Å². The van der Waals surface area contributed by atoms with Crippen LogP contribution in [0.5, 0.6) is 5.88 Å². The number of fused-ring (bicyclic) bond motifs is 1. The molecular weight excluding hydrogens is 408 g/mol. The van der Waals surface area contributed by atoms with Crippen molar-refractivity contribution in [2.24, 2.45) is 11.7 Å². The molecule has 0 unspecified atom stereocenters. The molecular formula is C23H34N6O3. The quantitative estimate of drug-likeness (QED) is 0.486. The van der Waals surface area contributed by atoms with Crippen LogP contribution in [0.15, 0.2) is 24.4 Å². The van der Waals surface area contributed by atoms with E-state index in [-0.39, 0.29) is 11.9 Å². The number of nitrogens with two attached hydrogens (primary N) is 1. The number of nitrogens with one attached hydrogen (secondary N) is 2. The second-order valence-electron chi connectivity index (χ2n) is 8.30. The van der Waals surface area contributed by atoms with Crippen molar-refractivity contribution in [1.82, 2.24) is 20.2 Å². The molecule has 0 aliphatic carbocycles. The molecule has 1 aliphatic heterocycles. The first-order chi connectivity index (χ1) is 15.5. The molecule has 0 saturated carbocycles. The summed E-state index contributed by atoms with van der Waals surface area (Å²) in [4.78, 5) is 35.8. The number of nitrogens with zero attached hydrogens (tertiary/aromatic N) is 3. The molecule has 2 atom stereocenters. The highest BCUT2D eigenvalue weighted by molar-refractivity contribution is 5.98. The molecule has 9 nitrogen and oxygen atoms in total. The van der Waals surface area contributed by atoms with Crippen molar-refractivity contribution in [3.8, 4) is 5.88 Å². The first-order valence-electron chi connectivity index (χ1n) is 11.4. The molecule has 0 bridgehead atoms. The number of likely N-dealkylation sites (tertiary alicyclic amines) is 1. The lowest BCUT2D eigenvalue weighted by Crippen LogP contribution is -2.55. The van der Waals surface area contributed by atoms with Gasteiger partial charge in [0.05, 0.1) is 24.2 Å². The fourth-order valence-electron chi connectivity index (χ4n) is 4.17. The number of hydrogen-bond acceptors (Lipinski definition) is 6. The lowest BCUT2D eigenvalue weighted by molar-refractivity contribution is -0.124. The molecule has 0 spiro atoms. The van der Waals surface area contributed by atoms with E-state index in [1.165, 1.54) is 32.8 Å². The number of unbranched alkanes of at least 4 members (excludes halogenated alkanes) is 4. The van der Waals surface area contributed by atoms with E-state index in [1.807, 2.05) is 0 Å². The lowest BCUT2D eigenvalue weighted by Gasteiger charge is -2.37. The number of carbonyl (C=O) groups is 2. The number of piperidine rings is 1. The molecule has 9 heteroatoms. The van der Waals surface area contributed by atoms with Gasteiger partial charge >= 0.3 is 6.03 Å². The molecule has 1 saturated heterocycles. The Balaban J connectivity index is 1.58. The number of primary amides is 1. The van der Waals surface area contributed by atoms with Crippen LogP contribution in [0.1, 0.15) is 45.4 Å². The van der Waals surface area contributed by atoms with Crippen molar-refractivity contribution in [1.29, 1.82) is 0 Å². The number of amides is 3. The summed E-state index contributed by atoms with van der Waals surface area (Å²) < 4.78 is 5.18. The summed E-state index contributed by atoms with van der Waals surface area (Å²) in [6.45, 7) is 4.57. The van der Waals surface area contributed by atoms with Crippen LogP contribution >= 0.6 is 0 Å². The summed E-state index contributed by atoms with van der Waals surface area (Å²) in [7, 11) is 1.53. The van der Waals surface area contributed by atoms with Gasteiger partial charge in [0.2, 0.25) is 11.8 Å². The van der Waals surface area contributed by atoms with E-state index >= 15 is 0 Å². The van der Waals surface area contributed by atoms with Gasteiger partial charge < -0.3 is 26.0 Å². The van der Waals surface area contributed by atoms with Crippen molar-refractivity contribution >= 4 is 28.7 Å². The van der Waals surface area contributed by atoms with Gasteiger partial charge in [-0.1, -0.05) is 32.6 Å². The summed E-state index contributed by atoms with van der Waals surface area (Å²) in [6, 6.07) is 4.48. The third-order valence-electron chi connectivity index (χ3n) is 5.97. The van der Waals surface area contributed by atoms with E-state index in [0.29, 0.717) is 35.6 Å². The van der Waals surface area contributed by atoms with Crippen molar-refractivity contribution < 1.29 is 14.3 Å². The highest BCUT2D eigenvalue weighted by Gasteiger charge is 2.34. The topological polar surface area (TPSA) is 122 Å². The van der Waals surface area contributed by atoms with E-state index in [1.54, 1.807) is 24.4 Å². The van der Waals surface area contributed by atoms with Gasteiger partial charge in [0.15, 0.2) is 0 Å². The summed E-state index contributed by atoms with van der Waals surface area (Å²) in [5.74, 6) is -0.367. The van der Waals surface area contributed by atoms with Gasteiger partial charge in [-0.2, -0.15) is 0 Å². The van der Waals surface area contributed by atoms with Crippen LogP contribution in [0.4, 0.5) is 10.5 Å². The Morgan fingerprint density at radius 1 is 1.22 bits per heavy atom. The summed E-state index contributed by atoms with van der Waals surface area (Å²) in [6.07, 6.45) is 8.35. The number of rotatable bonds is 10. The number of urea groups is 1. The predicted octanol–water partition coefficient (Wildman–Crippen LogP) is 2.91. The van der Waals surface area contributed by atoms with Crippen molar-refractivity contribution in [2.75, 3.05) is 32.1 Å². The minimum absolute atomic E-state index is 0.306. The number of aromatic nitrogens is 2. The van der Waals surface area contributed by atoms with Gasteiger partial charge in [0.25, 0.3) is 0 Å². The Morgan fingerprint density at radius 3 is 2.78 bits per heavy atom. The molecule has 32 heavy (non-hydrogen) atoms. The number of methoxy groups -OCH3 is 1. The van der Waals surface area contributed by atoms with E-state index in [9.17, 15) is 9.59 Å². The van der Waals surface area contributed by atoms with Gasteiger partial charge in [-0.05, 0) is 31.5 Å². The van der Waals surface area contributed by atoms with E-state index in [4.69, 9.17) is 10.5 Å². The largest absolute Gasteiger partial charge is 0.481 e. The molecule has 3 heterocycles. The number of anilines is 1. The number of carbonyl (C=O) groups excluding carboxylic acids is 2. The fraction of sp³-hybridized carbons (Fsp3) is 0.565. The predicted molar refractivity (Wildman–Crippen MR) is 125 cm³/mol. The van der Waals surface area contributed by atoms with Gasteiger partial charge in [0.1, 0.15) is 5.52 Å². The fourth-order valence-corrected chi connectivity index (χ4v) is 4.17. The van der Waals surface area contributed by atoms with Gasteiger partial charge in [0, 0.05) is 31.4 Å². The maximum absolute atomic E-state index is 12.7. The van der Waals surface area contributed by atoms with E-state index in [2.05, 4.69) is 32.4 Å². The molecule has 3 rings (SSSR count). The molecule has 174 valence electrons. The van der Waals surface area contributed by atoms with Crippen LogP contribution < -0.4 is 21.1 Å². The van der Waals surface area contributed by atoms with E-state index in [0.717, 1.165) is 19.5 Å².